The summed E-state index contributed by atoms with van der Waals surface area (Å²) in [6.45, 7) is 2.46. The molecule has 176 valence electrons. The van der Waals surface area contributed by atoms with Crippen LogP contribution >= 0.6 is 0 Å². The average molecular weight is 468 g/mol. The zero-order valence-electron chi connectivity index (χ0n) is 18.4. The Morgan fingerprint density at radius 3 is 2.41 bits per heavy atom. The number of benzene rings is 2. The lowest BCUT2D eigenvalue weighted by atomic mass is 10.0. The topological polar surface area (TPSA) is 74.3 Å². The van der Waals surface area contributed by atoms with Crippen LogP contribution < -0.4 is 15.5 Å². The van der Waals surface area contributed by atoms with Crippen LogP contribution in [-0.2, 0) is 11.0 Å². The summed E-state index contributed by atoms with van der Waals surface area (Å²) in [4.78, 5) is 31.3. The number of aryl methyl sites for hydroxylation is 1. The van der Waals surface area contributed by atoms with Gasteiger partial charge in [-0.2, -0.15) is 13.2 Å². The summed E-state index contributed by atoms with van der Waals surface area (Å²) in [7, 11) is 0. The van der Waals surface area contributed by atoms with Crippen molar-refractivity contribution in [2.24, 2.45) is 0 Å². The van der Waals surface area contributed by atoms with E-state index in [1.807, 2.05) is 43.3 Å². The third-order valence-corrected chi connectivity index (χ3v) is 5.71. The molecule has 0 spiro atoms. The predicted molar refractivity (Wildman–Crippen MR) is 123 cm³/mol. The third kappa shape index (κ3) is 5.19. The van der Waals surface area contributed by atoms with Gasteiger partial charge in [0.1, 0.15) is 6.04 Å². The normalized spacial score (nSPS) is 16.3. The molecule has 1 saturated heterocycles. The van der Waals surface area contributed by atoms with E-state index in [9.17, 15) is 22.8 Å². The van der Waals surface area contributed by atoms with Crippen LogP contribution in [0.25, 0.3) is 11.1 Å². The van der Waals surface area contributed by atoms with Gasteiger partial charge in [0, 0.05) is 35.4 Å². The number of pyridine rings is 1. The lowest BCUT2D eigenvalue weighted by Crippen LogP contribution is -2.53. The third-order valence-electron chi connectivity index (χ3n) is 5.71. The van der Waals surface area contributed by atoms with Crippen LogP contribution in [0.15, 0.2) is 66.9 Å². The van der Waals surface area contributed by atoms with Gasteiger partial charge in [0.15, 0.2) is 0 Å². The number of halogens is 3. The Balaban J connectivity index is 1.40. The second-order valence-corrected chi connectivity index (χ2v) is 8.04. The van der Waals surface area contributed by atoms with Gasteiger partial charge in [0.2, 0.25) is 5.91 Å². The predicted octanol–water partition coefficient (Wildman–Crippen LogP) is 5.39. The first-order valence-corrected chi connectivity index (χ1v) is 10.8. The first-order chi connectivity index (χ1) is 16.2. The Bertz CT molecular complexity index is 1180. The van der Waals surface area contributed by atoms with Crippen molar-refractivity contribution >= 4 is 23.3 Å². The zero-order chi connectivity index (χ0) is 24.3. The van der Waals surface area contributed by atoms with Gasteiger partial charge in [-0.05, 0) is 67.8 Å². The highest BCUT2D eigenvalue weighted by atomic mass is 19.4. The number of anilines is 2. The molecule has 4 rings (SSSR count). The fraction of sp³-hybridized carbons (Fsp3) is 0.240. The summed E-state index contributed by atoms with van der Waals surface area (Å²) >= 11 is 0. The number of nitrogens with one attached hydrogen (secondary N) is 2. The molecule has 3 aromatic rings. The average Bonchev–Trinajstić information content (AvgIpc) is 2.81. The maximum absolute atomic E-state index is 13.0. The van der Waals surface area contributed by atoms with Crippen LogP contribution in [0.2, 0.25) is 0 Å². The number of hydrogen-bond acceptors (Lipinski definition) is 3. The molecule has 34 heavy (non-hydrogen) atoms. The monoisotopic (exact) mass is 468 g/mol. The number of hydrogen-bond donors (Lipinski definition) is 2. The Labute approximate surface area is 194 Å². The molecule has 2 aromatic carbocycles. The number of urea groups is 1. The van der Waals surface area contributed by atoms with Gasteiger partial charge in [0.05, 0.1) is 5.56 Å². The first kappa shape index (κ1) is 23.3. The molecule has 2 N–H and O–H groups in total. The second-order valence-electron chi connectivity index (χ2n) is 8.04. The fourth-order valence-electron chi connectivity index (χ4n) is 3.94. The van der Waals surface area contributed by atoms with Crippen molar-refractivity contribution in [3.05, 3.63) is 78.1 Å². The number of amides is 3. The fourth-order valence-corrected chi connectivity index (χ4v) is 3.94. The van der Waals surface area contributed by atoms with Gasteiger partial charge in [-0.15, -0.1) is 0 Å². The molecule has 1 atom stereocenters. The number of aromatic nitrogens is 1. The number of carbonyl (C=O) groups is 2. The van der Waals surface area contributed by atoms with Gasteiger partial charge in [-0.1, -0.05) is 18.2 Å². The summed E-state index contributed by atoms with van der Waals surface area (Å²) in [5, 5.41) is 5.11. The first-order valence-electron chi connectivity index (χ1n) is 10.8. The van der Waals surface area contributed by atoms with Crippen molar-refractivity contribution in [1.29, 1.82) is 0 Å². The van der Waals surface area contributed by atoms with Gasteiger partial charge >= 0.3 is 12.2 Å². The molecule has 0 bridgehead atoms. The maximum Gasteiger partial charge on any atom is 0.416 e. The van der Waals surface area contributed by atoms with E-state index < -0.39 is 23.8 Å². The summed E-state index contributed by atoms with van der Waals surface area (Å²) in [5.41, 5.74) is 3.04. The minimum atomic E-state index is -4.45. The summed E-state index contributed by atoms with van der Waals surface area (Å²) in [6.07, 6.45) is -1.54. The van der Waals surface area contributed by atoms with Crippen LogP contribution in [-0.4, -0.2) is 29.5 Å². The van der Waals surface area contributed by atoms with Crippen molar-refractivity contribution in [2.45, 2.75) is 32.0 Å². The van der Waals surface area contributed by atoms with E-state index in [1.165, 1.54) is 12.1 Å². The van der Waals surface area contributed by atoms with Gasteiger partial charge < -0.3 is 15.5 Å². The number of carbonyl (C=O) groups excluding carboxylic acids is 2. The second kappa shape index (κ2) is 9.54. The van der Waals surface area contributed by atoms with E-state index in [0.717, 1.165) is 34.6 Å². The van der Waals surface area contributed by atoms with E-state index in [4.69, 9.17) is 0 Å². The molecule has 9 heteroatoms. The van der Waals surface area contributed by atoms with Crippen LogP contribution in [0.1, 0.15) is 24.1 Å². The summed E-state index contributed by atoms with van der Waals surface area (Å²) in [5.74, 6) is -0.237. The van der Waals surface area contributed by atoms with E-state index in [1.54, 1.807) is 11.1 Å². The van der Waals surface area contributed by atoms with Crippen molar-refractivity contribution in [3.63, 3.8) is 0 Å². The number of nitrogens with zero attached hydrogens (tertiary/aromatic N) is 2. The molecule has 3 amide bonds. The van der Waals surface area contributed by atoms with Crippen LogP contribution in [0.3, 0.4) is 0 Å². The van der Waals surface area contributed by atoms with Crippen LogP contribution in [0, 0.1) is 6.92 Å². The molecule has 0 unspecified atom stereocenters. The zero-order valence-corrected chi connectivity index (χ0v) is 18.4. The highest BCUT2D eigenvalue weighted by Gasteiger charge is 2.32. The minimum absolute atomic E-state index is 0.201. The molecule has 1 aromatic heterocycles. The smallest absolute Gasteiger partial charge is 0.326 e. The van der Waals surface area contributed by atoms with E-state index in [2.05, 4.69) is 15.6 Å². The number of piperidine rings is 1. The largest absolute Gasteiger partial charge is 0.416 e. The lowest BCUT2D eigenvalue weighted by Gasteiger charge is -2.32. The summed E-state index contributed by atoms with van der Waals surface area (Å²) in [6, 6.07) is 14.2. The highest BCUT2D eigenvalue weighted by molar-refractivity contribution is 6.01. The van der Waals surface area contributed by atoms with Crippen LogP contribution in [0.4, 0.5) is 29.3 Å². The Hall–Kier alpha value is -3.88. The molecular weight excluding hydrogens is 445 g/mol. The number of rotatable bonds is 4. The van der Waals surface area contributed by atoms with Crippen LogP contribution in [0.5, 0.6) is 0 Å². The van der Waals surface area contributed by atoms with Gasteiger partial charge in [-0.25, -0.2) is 4.79 Å². The quantitative estimate of drug-likeness (QED) is 0.539. The molecule has 1 aliphatic rings. The van der Waals surface area contributed by atoms with E-state index in [0.29, 0.717) is 19.4 Å². The maximum atomic E-state index is 13.0. The van der Waals surface area contributed by atoms with Crippen molar-refractivity contribution in [2.75, 3.05) is 16.8 Å². The van der Waals surface area contributed by atoms with E-state index in [-0.39, 0.29) is 11.6 Å². The van der Waals surface area contributed by atoms with Crippen molar-refractivity contribution in [3.8, 4) is 11.1 Å². The van der Waals surface area contributed by atoms with Crippen molar-refractivity contribution in [1.82, 2.24) is 10.3 Å². The molecule has 0 aliphatic carbocycles. The molecule has 0 radical (unpaired) electrons. The standard InChI is InChI=1S/C25H23F3N4O2/c1-16-21(4-2-14-29-16)17-6-12-20(13-7-17)32-15-3-5-22(23(32)33)31-24(34)30-19-10-8-18(9-11-19)25(26,27)28/h2,4,6-14,22H,3,5,15H2,1H3,(H2,30,31,34)/t22-/m1/s1. The molecule has 1 fully saturated rings. The number of alkyl halides is 3. The highest BCUT2D eigenvalue weighted by Crippen LogP contribution is 2.30. The lowest BCUT2D eigenvalue weighted by molar-refractivity contribution is -0.137. The molecule has 1 aliphatic heterocycles. The van der Waals surface area contributed by atoms with Crippen molar-refractivity contribution < 1.29 is 22.8 Å². The molecule has 0 saturated carbocycles. The van der Waals surface area contributed by atoms with E-state index >= 15 is 0 Å². The SMILES string of the molecule is Cc1ncccc1-c1ccc(N2CCC[C@@H](NC(=O)Nc3ccc(C(F)(F)F)cc3)C2=O)cc1. The molecule has 6 nitrogen and oxygen atoms in total. The molecular formula is C25H23F3N4O2. The Morgan fingerprint density at radius 1 is 1.06 bits per heavy atom. The minimum Gasteiger partial charge on any atom is -0.326 e. The Morgan fingerprint density at radius 2 is 1.76 bits per heavy atom. The van der Waals surface area contributed by atoms with Gasteiger partial charge in [-0.3, -0.25) is 9.78 Å². The molecule has 2 heterocycles. The summed E-state index contributed by atoms with van der Waals surface area (Å²) < 4.78 is 38.1. The van der Waals surface area contributed by atoms with Gasteiger partial charge in [0.25, 0.3) is 0 Å². The Kier molecular flexibility index (Phi) is 6.54.